The number of carbonyl (C=O) groups excluding carboxylic acids is 1. The Morgan fingerprint density at radius 1 is 1.29 bits per heavy atom. The first-order valence-electron chi connectivity index (χ1n) is 6.47. The fraction of sp³-hybridized carbons (Fsp3) is 0.615. The molecule has 2 rings (SSSR count). The van der Waals surface area contributed by atoms with E-state index in [2.05, 4.69) is 0 Å². The van der Waals surface area contributed by atoms with E-state index < -0.39 is 0 Å². The maximum Gasteiger partial charge on any atom is 0.270 e. The van der Waals surface area contributed by atoms with Crippen molar-refractivity contribution in [2.24, 2.45) is 0 Å². The van der Waals surface area contributed by atoms with Gasteiger partial charge in [0, 0.05) is 25.8 Å². The second kappa shape index (κ2) is 5.25. The number of aromatic nitrogens is 1. The first-order valence-corrected chi connectivity index (χ1v) is 6.47. The molecule has 0 aromatic carbocycles. The summed E-state index contributed by atoms with van der Waals surface area (Å²) < 4.78 is 1.93. The SMILES string of the molecule is CCn1cc(N)cc1C(=O)N1CCCCCC1. The van der Waals surface area contributed by atoms with Crippen LogP contribution in [0.4, 0.5) is 5.69 Å². The molecule has 1 aromatic rings. The number of hydrogen-bond donors (Lipinski definition) is 1. The van der Waals surface area contributed by atoms with Gasteiger partial charge in [-0.1, -0.05) is 12.8 Å². The van der Waals surface area contributed by atoms with E-state index in [4.69, 9.17) is 5.73 Å². The van der Waals surface area contributed by atoms with Crippen LogP contribution in [0.1, 0.15) is 43.1 Å². The van der Waals surface area contributed by atoms with E-state index in [1.165, 1.54) is 12.8 Å². The average Bonchev–Trinajstić information content (AvgIpc) is 2.55. The lowest BCUT2D eigenvalue weighted by Gasteiger charge is -2.20. The van der Waals surface area contributed by atoms with Crippen molar-refractivity contribution in [2.75, 3.05) is 18.8 Å². The summed E-state index contributed by atoms with van der Waals surface area (Å²) in [6.45, 7) is 4.58. The summed E-state index contributed by atoms with van der Waals surface area (Å²) in [7, 11) is 0. The Morgan fingerprint density at radius 3 is 2.53 bits per heavy atom. The normalized spacial score (nSPS) is 16.9. The Bertz CT molecular complexity index is 389. The van der Waals surface area contributed by atoms with Gasteiger partial charge >= 0.3 is 0 Å². The van der Waals surface area contributed by atoms with E-state index in [9.17, 15) is 4.79 Å². The van der Waals surface area contributed by atoms with Crippen molar-refractivity contribution in [1.82, 2.24) is 9.47 Å². The first-order chi connectivity index (χ1) is 8.22. The van der Waals surface area contributed by atoms with E-state index >= 15 is 0 Å². The molecule has 1 aliphatic rings. The third-order valence-corrected chi connectivity index (χ3v) is 3.37. The largest absolute Gasteiger partial charge is 0.397 e. The minimum absolute atomic E-state index is 0.130. The highest BCUT2D eigenvalue weighted by Crippen LogP contribution is 2.16. The smallest absolute Gasteiger partial charge is 0.270 e. The number of anilines is 1. The van der Waals surface area contributed by atoms with Gasteiger partial charge in [0.2, 0.25) is 0 Å². The summed E-state index contributed by atoms with van der Waals surface area (Å²) in [5.41, 5.74) is 7.16. The number of nitrogens with zero attached hydrogens (tertiary/aromatic N) is 2. The van der Waals surface area contributed by atoms with Gasteiger partial charge in [0.1, 0.15) is 5.69 Å². The van der Waals surface area contributed by atoms with Gasteiger partial charge in [0.25, 0.3) is 5.91 Å². The van der Waals surface area contributed by atoms with Crippen LogP contribution < -0.4 is 5.73 Å². The summed E-state index contributed by atoms with van der Waals surface area (Å²) in [5.74, 6) is 0.130. The number of nitrogens with two attached hydrogens (primary N) is 1. The predicted molar refractivity (Wildman–Crippen MR) is 68.9 cm³/mol. The van der Waals surface area contributed by atoms with E-state index in [1.807, 2.05) is 22.6 Å². The van der Waals surface area contributed by atoms with Crippen LogP contribution in [-0.4, -0.2) is 28.5 Å². The molecule has 1 amide bonds. The second-order valence-electron chi connectivity index (χ2n) is 4.65. The molecule has 1 saturated heterocycles. The highest BCUT2D eigenvalue weighted by Gasteiger charge is 2.20. The monoisotopic (exact) mass is 235 g/mol. The molecular weight excluding hydrogens is 214 g/mol. The average molecular weight is 235 g/mol. The summed E-state index contributed by atoms with van der Waals surface area (Å²) in [6, 6.07) is 1.79. The van der Waals surface area contributed by atoms with Crippen molar-refractivity contribution in [3.05, 3.63) is 18.0 Å². The molecule has 4 heteroatoms. The highest BCUT2D eigenvalue weighted by atomic mass is 16.2. The highest BCUT2D eigenvalue weighted by molar-refractivity contribution is 5.93. The van der Waals surface area contributed by atoms with Crippen LogP contribution in [-0.2, 0) is 6.54 Å². The molecule has 1 fully saturated rings. The quantitative estimate of drug-likeness (QED) is 0.853. The molecule has 0 atom stereocenters. The van der Waals surface area contributed by atoms with Crippen molar-refractivity contribution in [3.63, 3.8) is 0 Å². The molecule has 0 saturated carbocycles. The van der Waals surface area contributed by atoms with Gasteiger partial charge in [-0.25, -0.2) is 0 Å². The fourth-order valence-corrected chi connectivity index (χ4v) is 2.41. The number of amides is 1. The zero-order valence-corrected chi connectivity index (χ0v) is 10.5. The molecule has 1 aromatic heterocycles. The lowest BCUT2D eigenvalue weighted by Crippen LogP contribution is -2.33. The van der Waals surface area contributed by atoms with Gasteiger partial charge < -0.3 is 15.2 Å². The number of carbonyl (C=O) groups is 1. The summed E-state index contributed by atoms with van der Waals surface area (Å²) in [4.78, 5) is 14.4. The Hall–Kier alpha value is -1.45. The van der Waals surface area contributed by atoms with Crippen LogP contribution in [0.5, 0.6) is 0 Å². The molecule has 0 unspecified atom stereocenters. The zero-order valence-electron chi connectivity index (χ0n) is 10.5. The zero-order chi connectivity index (χ0) is 12.3. The van der Waals surface area contributed by atoms with E-state index in [-0.39, 0.29) is 5.91 Å². The van der Waals surface area contributed by atoms with Crippen molar-refractivity contribution in [2.45, 2.75) is 39.2 Å². The van der Waals surface area contributed by atoms with E-state index in [1.54, 1.807) is 6.07 Å². The Labute approximate surface area is 102 Å². The van der Waals surface area contributed by atoms with Gasteiger partial charge in [-0.3, -0.25) is 4.79 Å². The van der Waals surface area contributed by atoms with Crippen LogP contribution in [0.15, 0.2) is 12.3 Å². The lowest BCUT2D eigenvalue weighted by molar-refractivity contribution is 0.0751. The first kappa shape index (κ1) is 12.0. The topological polar surface area (TPSA) is 51.3 Å². The maximum absolute atomic E-state index is 12.4. The van der Waals surface area contributed by atoms with Gasteiger partial charge in [-0.05, 0) is 25.8 Å². The summed E-state index contributed by atoms with van der Waals surface area (Å²) in [6.07, 6.45) is 6.55. The third kappa shape index (κ3) is 2.62. The molecule has 2 N–H and O–H groups in total. The molecule has 1 aliphatic heterocycles. The Balaban J connectivity index is 2.17. The fourth-order valence-electron chi connectivity index (χ4n) is 2.41. The van der Waals surface area contributed by atoms with Gasteiger partial charge in [-0.15, -0.1) is 0 Å². The van der Waals surface area contributed by atoms with Crippen molar-refractivity contribution < 1.29 is 4.79 Å². The van der Waals surface area contributed by atoms with Gasteiger partial charge in [0.05, 0.1) is 5.69 Å². The van der Waals surface area contributed by atoms with E-state index in [0.29, 0.717) is 5.69 Å². The standard InChI is InChI=1S/C13H21N3O/c1-2-15-10-11(14)9-12(15)13(17)16-7-5-3-4-6-8-16/h9-10H,2-8,14H2,1H3. The summed E-state index contributed by atoms with van der Waals surface area (Å²) >= 11 is 0. The number of rotatable bonds is 2. The maximum atomic E-state index is 12.4. The molecule has 4 nitrogen and oxygen atoms in total. The van der Waals surface area contributed by atoms with Crippen LogP contribution in [0.2, 0.25) is 0 Å². The van der Waals surface area contributed by atoms with Crippen LogP contribution in [0, 0.1) is 0 Å². The minimum atomic E-state index is 0.130. The molecular formula is C13H21N3O. The molecule has 2 heterocycles. The van der Waals surface area contributed by atoms with Crippen molar-refractivity contribution in [3.8, 4) is 0 Å². The van der Waals surface area contributed by atoms with Crippen LogP contribution in [0.3, 0.4) is 0 Å². The van der Waals surface area contributed by atoms with Gasteiger partial charge in [0.15, 0.2) is 0 Å². The minimum Gasteiger partial charge on any atom is -0.397 e. The number of aryl methyl sites for hydroxylation is 1. The molecule has 0 spiro atoms. The second-order valence-corrected chi connectivity index (χ2v) is 4.65. The predicted octanol–water partition coefficient (Wildman–Crippen LogP) is 2.11. The number of likely N-dealkylation sites (tertiary alicyclic amines) is 1. The van der Waals surface area contributed by atoms with Gasteiger partial charge in [-0.2, -0.15) is 0 Å². The Morgan fingerprint density at radius 2 is 1.94 bits per heavy atom. The third-order valence-electron chi connectivity index (χ3n) is 3.37. The number of nitrogen functional groups attached to an aromatic ring is 1. The number of hydrogen-bond acceptors (Lipinski definition) is 2. The molecule has 94 valence electrons. The lowest BCUT2D eigenvalue weighted by atomic mass is 10.2. The van der Waals surface area contributed by atoms with Crippen LogP contribution >= 0.6 is 0 Å². The van der Waals surface area contributed by atoms with Crippen molar-refractivity contribution >= 4 is 11.6 Å². The summed E-state index contributed by atoms with van der Waals surface area (Å²) in [5, 5.41) is 0. The van der Waals surface area contributed by atoms with E-state index in [0.717, 1.165) is 38.2 Å². The molecule has 0 radical (unpaired) electrons. The Kier molecular flexibility index (Phi) is 3.71. The van der Waals surface area contributed by atoms with Crippen LogP contribution in [0.25, 0.3) is 0 Å². The molecule has 0 aliphatic carbocycles. The molecule has 0 bridgehead atoms. The molecule has 17 heavy (non-hydrogen) atoms. The van der Waals surface area contributed by atoms with Crippen molar-refractivity contribution in [1.29, 1.82) is 0 Å².